The van der Waals surface area contributed by atoms with Crippen LogP contribution in [0.15, 0.2) is 12.3 Å². The van der Waals surface area contributed by atoms with Gasteiger partial charge in [-0.05, 0) is 25.3 Å². The number of aliphatic hydroxyl groups is 1. The SMILES string of the molecule is NCc1ccnnc1N1CCCCC1CO. The standard InChI is InChI=1S/C11H18N4O/c12-7-9-4-5-13-14-11(9)15-6-2-1-3-10(15)8-16/h4-5,10,16H,1-3,6-8,12H2. The number of piperidine rings is 1. The predicted molar refractivity (Wildman–Crippen MR) is 62.0 cm³/mol. The van der Waals surface area contributed by atoms with E-state index in [1.165, 1.54) is 6.42 Å². The van der Waals surface area contributed by atoms with E-state index < -0.39 is 0 Å². The number of aliphatic hydroxyl groups excluding tert-OH is 1. The van der Waals surface area contributed by atoms with E-state index >= 15 is 0 Å². The molecule has 1 atom stereocenters. The molecule has 0 aliphatic carbocycles. The Bertz CT molecular complexity index is 345. The van der Waals surface area contributed by atoms with Gasteiger partial charge in [-0.2, -0.15) is 5.10 Å². The predicted octanol–water partition coefficient (Wildman–Crippen LogP) is 0.286. The number of anilines is 1. The topological polar surface area (TPSA) is 75.3 Å². The van der Waals surface area contributed by atoms with Crippen molar-refractivity contribution in [1.29, 1.82) is 0 Å². The number of nitrogens with zero attached hydrogens (tertiary/aromatic N) is 3. The maximum Gasteiger partial charge on any atom is 0.156 e. The zero-order chi connectivity index (χ0) is 11.4. The average Bonchev–Trinajstić information content (AvgIpc) is 2.38. The van der Waals surface area contributed by atoms with Crippen LogP contribution >= 0.6 is 0 Å². The third-order valence-electron chi connectivity index (χ3n) is 3.11. The molecule has 0 amide bonds. The van der Waals surface area contributed by atoms with Gasteiger partial charge in [-0.3, -0.25) is 0 Å². The Morgan fingerprint density at radius 3 is 3.12 bits per heavy atom. The van der Waals surface area contributed by atoms with Crippen molar-refractivity contribution in [1.82, 2.24) is 10.2 Å². The molecule has 88 valence electrons. The third-order valence-corrected chi connectivity index (χ3v) is 3.11. The van der Waals surface area contributed by atoms with E-state index in [9.17, 15) is 5.11 Å². The summed E-state index contributed by atoms with van der Waals surface area (Å²) in [7, 11) is 0. The Labute approximate surface area is 95.3 Å². The first kappa shape index (κ1) is 11.3. The Kier molecular flexibility index (Phi) is 3.69. The van der Waals surface area contributed by atoms with Gasteiger partial charge in [-0.15, -0.1) is 5.10 Å². The van der Waals surface area contributed by atoms with Crippen LogP contribution in [0.2, 0.25) is 0 Å². The van der Waals surface area contributed by atoms with Crippen molar-refractivity contribution in [3.63, 3.8) is 0 Å². The number of nitrogens with two attached hydrogens (primary N) is 1. The lowest BCUT2D eigenvalue weighted by Gasteiger charge is -2.36. The van der Waals surface area contributed by atoms with Crippen LogP contribution in [-0.4, -0.2) is 34.5 Å². The Morgan fingerprint density at radius 1 is 1.50 bits per heavy atom. The Morgan fingerprint density at radius 2 is 2.38 bits per heavy atom. The highest BCUT2D eigenvalue weighted by molar-refractivity contribution is 5.47. The van der Waals surface area contributed by atoms with Crippen LogP contribution in [0.1, 0.15) is 24.8 Å². The first-order valence-corrected chi connectivity index (χ1v) is 5.75. The van der Waals surface area contributed by atoms with Gasteiger partial charge in [0.05, 0.1) is 18.8 Å². The second kappa shape index (κ2) is 5.23. The minimum absolute atomic E-state index is 0.163. The normalized spacial score (nSPS) is 21.1. The molecule has 0 radical (unpaired) electrons. The van der Waals surface area contributed by atoms with Crippen LogP contribution in [0.3, 0.4) is 0 Å². The van der Waals surface area contributed by atoms with Crippen LogP contribution in [0, 0.1) is 0 Å². The van der Waals surface area contributed by atoms with Crippen molar-refractivity contribution < 1.29 is 5.11 Å². The van der Waals surface area contributed by atoms with Crippen molar-refractivity contribution in [2.24, 2.45) is 5.73 Å². The summed E-state index contributed by atoms with van der Waals surface area (Å²) in [4.78, 5) is 2.14. The van der Waals surface area contributed by atoms with Crippen molar-refractivity contribution >= 4 is 5.82 Å². The molecular formula is C11H18N4O. The first-order valence-electron chi connectivity index (χ1n) is 5.75. The summed E-state index contributed by atoms with van der Waals surface area (Å²) in [5, 5.41) is 17.4. The average molecular weight is 222 g/mol. The molecule has 1 unspecified atom stereocenters. The van der Waals surface area contributed by atoms with Gasteiger partial charge in [-0.1, -0.05) is 0 Å². The number of aromatic nitrogens is 2. The summed E-state index contributed by atoms with van der Waals surface area (Å²) in [5.41, 5.74) is 6.68. The first-order chi connectivity index (χ1) is 7.86. The van der Waals surface area contributed by atoms with Gasteiger partial charge in [0.2, 0.25) is 0 Å². The van der Waals surface area contributed by atoms with E-state index in [-0.39, 0.29) is 12.6 Å². The van der Waals surface area contributed by atoms with Crippen molar-refractivity contribution in [3.8, 4) is 0 Å². The molecule has 1 aliphatic heterocycles. The van der Waals surface area contributed by atoms with E-state index in [4.69, 9.17) is 5.73 Å². The largest absolute Gasteiger partial charge is 0.394 e. The van der Waals surface area contributed by atoms with Gasteiger partial charge in [0.25, 0.3) is 0 Å². The van der Waals surface area contributed by atoms with Crippen LogP contribution in [0.25, 0.3) is 0 Å². The van der Waals surface area contributed by atoms with E-state index in [1.54, 1.807) is 6.20 Å². The maximum absolute atomic E-state index is 9.37. The lowest BCUT2D eigenvalue weighted by molar-refractivity contribution is 0.239. The maximum atomic E-state index is 9.37. The van der Waals surface area contributed by atoms with Gasteiger partial charge in [-0.25, -0.2) is 0 Å². The number of hydrogen-bond donors (Lipinski definition) is 2. The molecule has 1 fully saturated rings. The van der Waals surface area contributed by atoms with Gasteiger partial charge < -0.3 is 15.7 Å². The van der Waals surface area contributed by atoms with Crippen LogP contribution in [0.4, 0.5) is 5.82 Å². The molecule has 1 aliphatic rings. The minimum Gasteiger partial charge on any atom is -0.394 e. The smallest absolute Gasteiger partial charge is 0.156 e. The summed E-state index contributed by atoms with van der Waals surface area (Å²) in [6.45, 7) is 1.55. The van der Waals surface area contributed by atoms with Gasteiger partial charge >= 0.3 is 0 Å². The van der Waals surface area contributed by atoms with Gasteiger partial charge in [0.1, 0.15) is 0 Å². The fourth-order valence-electron chi connectivity index (χ4n) is 2.22. The molecule has 5 nitrogen and oxygen atoms in total. The fourth-order valence-corrected chi connectivity index (χ4v) is 2.22. The van der Waals surface area contributed by atoms with E-state index in [0.717, 1.165) is 30.8 Å². The molecule has 0 aromatic carbocycles. The molecule has 2 heterocycles. The van der Waals surface area contributed by atoms with Gasteiger partial charge in [0.15, 0.2) is 5.82 Å². The highest BCUT2D eigenvalue weighted by atomic mass is 16.3. The zero-order valence-corrected chi connectivity index (χ0v) is 9.34. The molecule has 1 saturated heterocycles. The molecule has 0 spiro atoms. The van der Waals surface area contributed by atoms with E-state index in [2.05, 4.69) is 15.1 Å². The lowest BCUT2D eigenvalue weighted by atomic mass is 10.0. The van der Waals surface area contributed by atoms with Crippen LogP contribution < -0.4 is 10.6 Å². The zero-order valence-electron chi connectivity index (χ0n) is 9.34. The molecule has 0 saturated carbocycles. The molecule has 5 heteroatoms. The molecule has 2 rings (SSSR count). The molecule has 1 aromatic heterocycles. The summed E-state index contributed by atoms with van der Waals surface area (Å²) in [5.74, 6) is 0.837. The molecule has 1 aromatic rings. The number of hydrogen-bond acceptors (Lipinski definition) is 5. The van der Waals surface area contributed by atoms with Crippen LogP contribution in [-0.2, 0) is 6.54 Å². The summed E-state index contributed by atoms with van der Waals surface area (Å²) < 4.78 is 0. The van der Waals surface area contributed by atoms with E-state index in [1.807, 2.05) is 6.07 Å². The summed E-state index contributed by atoms with van der Waals surface area (Å²) in [6, 6.07) is 2.06. The summed E-state index contributed by atoms with van der Waals surface area (Å²) >= 11 is 0. The summed E-state index contributed by atoms with van der Waals surface area (Å²) in [6.07, 6.45) is 4.97. The minimum atomic E-state index is 0.163. The van der Waals surface area contributed by atoms with Crippen molar-refractivity contribution in [2.45, 2.75) is 31.8 Å². The third kappa shape index (κ3) is 2.15. The second-order valence-corrected chi connectivity index (χ2v) is 4.11. The molecule has 16 heavy (non-hydrogen) atoms. The second-order valence-electron chi connectivity index (χ2n) is 4.11. The molecule has 0 bridgehead atoms. The lowest BCUT2D eigenvalue weighted by Crippen LogP contribution is -2.43. The van der Waals surface area contributed by atoms with Crippen LogP contribution in [0.5, 0.6) is 0 Å². The fraction of sp³-hybridized carbons (Fsp3) is 0.636. The molecular weight excluding hydrogens is 204 g/mol. The highest BCUT2D eigenvalue weighted by Gasteiger charge is 2.24. The molecule has 3 N–H and O–H groups in total. The monoisotopic (exact) mass is 222 g/mol. The highest BCUT2D eigenvalue weighted by Crippen LogP contribution is 2.24. The van der Waals surface area contributed by atoms with Crippen molar-refractivity contribution in [3.05, 3.63) is 17.8 Å². The van der Waals surface area contributed by atoms with Crippen molar-refractivity contribution in [2.75, 3.05) is 18.1 Å². The Balaban J connectivity index is 2.26. The van der Waals surface area contributed by atoms with E-state index in [0.29, 0.717) is 6.54 Å². The number of rotatable bonds is 3. The van der Waals surface area contributed by atoms with Gasteiger partial charge in [0, 0.05) is 18.7 Å². The quantitative estimate of drug-likeness (QED) is 0.768. The Hall–Kier alpha value is -1.20.